The lowest BCUT2D eigenvalue weighted by atomic mass is 10.2. The fourth-order valence-corrected chi connectivity index (χ4v) is 1.55. The van der Waals surface area contributed by atoms with Gasteiger partial charge in [0, 0.05) is 6.54 Å². The highest BCUT2D eigenvalue weighted by Gasteiger charge is 2.15. The van der Waals surface area contributed by atoms with Gasteiger partial charge in [0.25, 0.3) is 0 Å². The van der Waals surface area contributed by atoms with Gasteiger partial charge >= 0.3 is 0 Å². The number of nitrogens with one attached hydrogen (secondary N) is 1. The fourth-order valence-electron chi connectivity index (χ4n) is 1.55. The Balaban J connectivity index is 2.53. The van der Waals surface area contributed by atoms with Crippen LogP contribution in [0.15, 0.2) is 16.7 Å². The third-order valence-corrected chi connectivity index (χ3v) is 2.43. The van der Waals surface area contributed by atoms with E-state index < -0.39 is 5.82 Å². The van der Waals surface area contributed by atoms with Crippen LogP contribution in [0.5, 0.6) is 0 Å². The monoisotopic (exact) mass is 235 g/mol. The molecule has 0 aliphatic rings. The number of aryl methyl sites for hydroxylation is 2. The Morgan fingerprint density at radius 1 is 1.35 bits per heavy atom. The van der Waals surface area contributed by atoms with E-state index in [1.54, 1.807) is 13.2 Å². The van der Waals surface area contributed by atoms with Crippen LogP contribution in [0.1, 0.15) is 18.2 Å². The summed E-state index contributed by atoms with van der Waals surface area (Å²) in [6.45, 7) is 5.99. The van der Waals surface area contributed by atoms with Gasteiger partial charge in [0.15, 0.2) is 23.2 Å². The summed E-state index contributed by atoms with van der Waals surface area (Å²) < 4.78 is 19.0. The molecule has 0 bridgehead atoms. The molecule has 0 fully saturated rings. The molecule has 5 heteroatoms. The standard InChI is InChI=1S/C12H14FN3O/c1-4-14-11-9(13)8(3)15-12(16-11)10-7(2)5-6-17-10/h5-6H,4H2,1-3H3,(H,14,15,16). The van der Waals surface area contributed by atoms with E-state index in [1.165, 1.54) is 0 Å². The number of rotatable bonds is 3. The molecule has 17 heavy (non-hydrogen) atoms. The van der Waals surface area contributed by atoms with E-state index in [1.807, 2.05) is 19.9 Å². The van der Waals surface area contributed by atoms with Crippen molar-refractivity contribution < 1.29 is 8.81 Å². The van der Waals surface area contributed by atoms with Gasteiger partial charge in [-0.1, -0.05) is 0 Å². The van der Waals surface area contributed by atoms with Crippen LogP contribution in [0.25, 0.3) is 11.6 Å². The second kappa shape index (κ2) is 4.53. The molecule has 0 amide bonds. The Morgan fingerprint density at radius 3 is 2.71 bits per heavy atom. The van der Waals surface area contributed by atoms with Crippen molar-refractivity contribution in [3.63, 3.8) is 0 Å². The molecule has 2 rings (SSSR count). The molecular formula is C12H14FN3O. The summed E-state index contributed by atoms with van der Waals surface area (Å²) >= 11 is 0. The number of aromatic nitrogens is 2. The maximum absolute atomic E-state index is 13.7. The summed E-state index contributed by atoms with van der Waals surface area (Å²) in [6, 6.07) is 1.82. The van der Waals surface area contributed by atoms with Gasteiger partial charge in [-0.3, -0.25) is 0 Å². The highest BCUT2D eigenvalue weighted by Crippen LogP contribution is 2.24. The van der Waals surface area contributed by atoms with Crippen LogP contribution in [0, 0.1) is 19.7 Å². The van der Waals surface area contributed by atoms with Gasteiger partial charge in [-0.15, -0.1) is 0 Å². The molecule has 0 spiro atoms. The van der Waals surface area contributed by atoms with Gasteiger partial charge in [0.2, 0.25) is 0 Å². The molecule has 0 aliphatic heterocycles. The summed E-state index contributed by atoms with van der Waals surface area (Å²) in [5.41, 5.74) is 1.24. The second-order valence-corrected chi connectivity index (χ2v) is 3.76. The van der Waals surface area contributed by atoms with Gasteiger partial charge in [-0.2, -0.15) is 0 Å². The highest BCUT2D eigenvalue weighted by atomic mass is 19.1. The van der Waals surface area contributed by atoms with Crippen LogP contribution >= 0.6 is 0 Å². The molecule has 0 radical (unpaired) electrons. The lowest BCUT2D eigenvalue weighted by Crippen LogP contribution is -2.06. The molecule has 0 saturated heterocycles. The van der Waals surface area contributed by atoms with Gasteiger partial charge in [-0.25, -0.2) is 14.4 Å². The van der Waals surface area contributed by atoms with E-state index in [0.29, 0.717) is 23.8 Å². The van der Waals surface area contributed by atoms with E-state index >= 15 is 0 Å². The van der Waals surface area contributed by atoms with Gasteiger partial charge in [0.05, 0.1) is 12.0 Å². The number of hydrogen-bond acceptors (Lipinski definition) is 4. The maximum Gasteiger partial charge on any atom is 0.198 e. The van der Waals surface area contributed by atoms with Crippen molar-refractivity contribution in [1.29, 1.82) is 0 Å². The van der Waals surface area contributed by atoms with Gasteiger partial charge in [-0.05, 0) is 32.4 Å². The molecule has 4 nitrogen and oxygen atoms in total. The van der Waals surface area contributed by atoms with E-state index in [2.05, 4.69) is 15.3 Å². The molecule has 0 aliphatic carbocycles. The first-order valence-corrected chi connectivity index (χ1v) is 5.46. The molecule has 2 aromatic heterocycles. The number of furan rings is 1. The zero-order chi connectivity index (χ0) is 12.4. The number of halogens is 1. The molecule has 0 saturated carbocycles. The van der Waals surface area contributed by atoms with Crippen LogP contribution in [0.3, 0.4) is 0 Å². The first kappa shape index (κ1) is 11.6. The van der Waals surface area contributed by atoms with Crippen LogP contribution in [0.2, 0.25) is 0 Å². The second-order valence-electron chi connectivity index (χ2n) is 3.76. The number of hydrogen-bond donors (Lipinski definition) is 1. The zero-order valence-corrected chi connectivity index (χ0v) is 10.0. The lowest BCUT2D eigenvalue weighted by Gasteiger charge is -2.07. The SMILES string of the molecule is CCNc1nc(-c2occc2C)nc(C)c1F. The molecule has 2 heterocycles. The smallest absolute Gasteiger partial charge is 0.198 e. The quantitative estimate of drug-likeness (QED) is 0.888. The Kier molecular flexibility index (Phi) is 3.08. The molecule has 90 valence electrons. The zero-order valence-electron chi connectivity index (χ0n) is 10.0. The van der Waals surface area contributed by atoms with Crippen LogP contribution in [-0.4, -0.2) is 16.5 Å². The van der Waals surface area contributed by atoms with Crippen molar-refractivity contribution in [2.24, 2.45) is 0 Å². The number of nitrogens with zero attached hydrogens (tertiary/aromatic N) is 2. The van der Waals surface area contributed by atoms with Crippen molar-refractivity contribution >= 4 is 5.82 Å². The highest BCUT2D eigenvalue weighted by molar-refractivity contribution is 5.55. The minimum atomic E-state index is -0.417. The third kappa shape index (κ3) is 2.13. The predicted molar refractivity (Wildman–Crippen MR) is 63.3 cm³/mol. The van der Waals surface area contributed by atoms with Crippen molar-refractivity contribution in [2.45, 2.75) is 20.8 Å². The largest absolute Gasteiger partial charge is 0.461 e. The summed E-state index contributed by atoms with van der Waals surface area (Å²) in [6.07, 6.45) is 1.57. The third-order valence-electron chi connectivity index (χ3n) is 2.43. The predicted octanol–water partition coefficient (Wildman–Crippen LogP) is 2.92. The molecule has 0 atom stereocenters. The molecule has 0 aromatic carbocycles. The summed E-state index contributed by atoms with van der Waals surface area (Å²) in [4.78, 5) is 8.23. The van der Waals surface area contributed by atoms with Crippen LogP contribution < -0.4 is 5.32 Å². The minimum Gasteiger partial charge on any atom is -0.461 e. The number of anilines is 1. The molecule has 0 unspecified atom stereocenters. The summed E-state index contributed by atoms with van der Waals surface area (Å²) in [7, 11) is 0. The van der Waals surface area contributed by atoms with E-state index in [0.717, 1.165) is 5.56 Å². The first-order chi connectivity index (χ1) is 8.13. The average molecular weight is 235 g/mol. The Labute approximate surface area is 98.9 Å². The van der Waals surface area contributed by atoms with E-state index in [-0.39, 0.29) is 5.82 Å². The summed E-state index contributed by atoms with van der Waals surface area (Å²) in [5, 5.41) is 2.87. The Bertz CT molecular complexity index is 537. The van der Waals surface area contributed by atoms with Gasteiger partial charge < -0.3 is 9.73 Å². The fraction of sp³-hybridized carbons (Fsp3) is 0.333. The van der Waals surface area contributed by atoms with Gasteiger partial charge in [0.1, 0.15) is 0 Å². The van der Waals surface area contributed by atoms with Crippen molar-refractivity contribution in [1.82, 2.24) is 9.97 Å². The Morgan fingerprint density at radius 2 is 2.12 bits per heavy atom. The molecular weight excluding hydrogens is 221 g/mol. The summed E-state index contributed by atoms with van der Waals surface area (Å²) in [5.74, 6) is 0.778. The van der Waals surface area contributed by atoms with Crippen molar-refractivity contribution in [3.8, 4) is 11.6 Å². The minimum absolute atomic E-state index is 0.214. The van der Waals surface area contributed by atoms with E-state index in [4.69, 9.17) is 4.42 Å². The Hall–Kier alpha value is -1.91. The topological polar surface area (TPSA) is 51.0 Å². The average Bonchev–Trinajstić information content (AvgIpc) is 2.71. The van der Waals surface area contributed by atoms with Crippen LogP contribution in [-0.2, 0) is 0 Å². The first-order valence-electron chi connectivity index (χ1n) is 5.46. The normalized spacial score (nSPS) is 10.6. The van der Waals surface area contributed by atoms with E-state index in [9.17, 15) is 4.39 Å². The van der Waals surface area contributed by atoms with Crippen molar-refractivity contribution in [3.05, 3.63) is 29.4 Å². The molecule has 2 aromatic rings. The molecule has 1 N–H and O–H groups in total. The lowest BCUT2D eigenvalue weighted by molar-refractivity contribution is 0.570. The van der Waals surface area contributed by atoms with Crippen LogP contribution in [0.4, 0.5) is 10.2 Å². The van der Waals surface area contributed by atoms with Crippen molar-refractivity contribution in [2.75, 3.05) is 11.9 Å². The maximum atomic E-state index is 13.7.